The third-order valence-electron chi connectivity index (χ3n) is 1.83. The molecule has 13 heavy (non-hydrogen) atoms. The van der Waals surface area contributed by atoms with Crippen molar-refractivity contribution in [2.75, 3.05) is 25.1 Å². The molecule has 2 nitrogen and oxygen atoms in total. The Hall–Kier alpha value is -0.150. The summed E-state index contributed by atoms with van der Waals surface area (Å²) in [6.07, 6.45) is 8.54. The van der Waals surface area contributed by atoms with Crippen molar-refractivity contribution in [2.24, 2.45) is 0 Å². The van der Waals surface area contributed by atoms with Gasteiger partial charge in [-0.25, -0.2) is 0 Å². The quantitative estimate of drug-likeness (QED) is 0.456. The first-order chi connectivity index (χ1) is 6.27. The van der Waals surface area contributed by atoms with E-state index in [0.717, 1.165) is 25.3 Å². The summed E-state index contributed by atoms with van der Waals surface area (Å²) in [5.41, 5.74) is 0. The average molecular weight is 203 g/mol. The Bertz CT molecular complexity index is 148. The van der Waals surface area contributed by atoms with Crippen LogP contribution in [0.5, 0.6) is 0 Å². The number of hydrogen-bond acceptors (Lipinski definition) is 2. The van der Waals surface area contributed by atoms with E-state index in [9.17, 15) is 4.21 Å². The summed E-state index contributed by atoms with van der Waals surface area (Å²) in [6.45, 7) is 5.61. The largest absolute Gasteiger partial charge is 0.316 e. The van der Waals surface area contributed by atoms with Crippen molar-refractivity contribution in [3.8, 4) is 0 Å². The van der Waals surface area contributed by atoms with Gasteiger partial charge in [0.1, 0.15) is 0 Å². The van der Waals surface area contributed by atoms with Gasteiger partial charge >= 0.3 is 0 Å². The van der Waals surface area contributed by atoms with E-state index in [1.165, 1.54) is 19.3 Å². The van der Waals surface area contributed by atoms with Crippen LogP contribution in [0.4, 0.5) is 0 Å². The van der Waals surface area contributed by atoms with Crippen molar-refractivity contribution >= 4 is 10.8 Å². The second kappa shape index (κ2) is 9.93. The van der Waals surface area contributed by atoms with E-state index in [2.05, 4.69) is 11.9 Å². The number of unbranched alkanes of at least 4 members (excludes halogenated alkanes) is 3. The standard InChI is InChI=1S/C10H21NOS/c1-3-4-5-6-7-8-11-9-10-13(2)12/h3,11H,1,4-10H2,2H3. The maximum atomic E-state index is 10.7. The van der Waals surface area contributed by atoms with Gasteiger partial charge in [-0.05, 0) is 25.8 Å². The summed E-state index contributed by atoms with van der Waals surface area (Å²) >= 11 is 0. The van der Waals surface area contributed by atoms with Crippen LogP contribution in [0.15, 0.2) is 12.7 Å². The minimum atomic E-state index is -0.652. The summed E-state index contributed by atoms with van der Waals surface area (Å²) in [6, 6.07) is 0. The molecule has 0 aliphatic carbocycles. The molecule has 0 rings (SSSR count). The fraction of sp³-hybridized carbons (Fsp3) is 0.800. The van der Waals surface area contributed by atoms with Gasteiger partial charge in [-0.2, -0.15) is 0 Å². The lowest BCUT2D eigenvalue weighted by atomic mass is 10.2. The van der Waals surface area contributed by atoms with Gasteiger partial charge in [0, 0.05) is 29.4 Å². The van der Waals surface area contributed by atoms with Crippen LogP contribution in [0.1, 0.15) is 25.7 Å². The highest BCUT2D eigenvalue weighted by Crippen LogP contribution is 1.98. The van der Waals surface area contributed by atoms with Gasteiger partial charge in [0.25, 0.3) is 0 Å². The Morgan fingerprint density at radius 3 is 2.69 bits per heavy atom. The molecule has 1 atom stereocenters. The SMILES string of the molecule is C=CCCCCCNCCS(C)=O. The number of hydrogen-bond donors (Lipinski definition) is 1. The Kier molecular flexibility index (Phi) is 9.82. The highest BCUT2D eigenvalue weighted by molar-refractivity contribution is 7.84. The zero-order valence-electron chi connectivity index (χ0n) is 8.55. The molecule has 0 aliphatic rings. The summed E-state index contributed by atoms with van der Waals surface area (Å²) in [5, 5.41) is 3.27. The molecule has 0 amide bonds. The molecule has 0 aliphatic heterocycles. The number of rotatable bonds is 9. The molecule has 0 saturated heterocycles. The van der Waals surface area contributed by atoms with E-state index in [-0.39, 0.29) is 0 Å². The van der Waals surface area contributed by atoms with E-state index in [1.54, 1.807) is 6.26 Å². The lowest BCUT2D eigenvalue weighted by Gasteiger charge is -2.02. The first-order valence-corrected chi connectivity index (χ1v) is 6.61. The lowest BCUT2D eigenvalue weighted by molar-refractivity contribution is 0.619. The molecule has 0 aromatic rings. The monoisotopic (exact) mass is 203 g/mol. The predicted octanol–water partition coefficient (Wildman–Crippen LogP) is 1.70. The van der Waals surface area contributed by atoms with E-state index in [0.29, 0.717) is 0 Å². The van der Waals surface area contributed by atoms with Crippen molar-refractivity contribution in [2.45, 2.75) is 25.7 Å². The van der Waals surface area contributed by atoms with Crippen LogP contribution >= 0.6 is 0 Å². The Labute approximate surface area is 84.3 Å². The molecule has 3 heteroatoms. The third-order valence-corrected chi connectivity index (χ3v) is 2.61. The molecule has 0 bridgehead atoms. The van der Waals surface area contributed by atoms with Crippen LogP contribution in [0, 0.1) is 0 Å². The van der Waals surface area contributed by atoms with Crippen LogP contribution in [-0.2, 0) is 10.8 Å². The zero-order chi connectivity index (χ0) is 9.94. The zero-order valence-corrected chi connectivity index (χ0v) is 9.37. The van der Waals surface area contributed by atoms with Crippen molar-refractivity contribution in [3.63, 3.8) is 0 Å². The Balaban J connectivity index is 2.91. The molecule has 0 radical (unpaired) electrons. The second-order valence-corrected chi connectivity index (χ2v) is 4.72. The van der Waals surface area contributed by atoms with E-state index < -0.39 is 10.8 Å². The van der Waals surface area contributed by atoms with Gasteiger partial charge in [-0.3, -0.25) is 4.21 Å². The second-order valence-electron chi connectivity index (χ2n) is 3.17. The van der Waals surface area contributed by atoms with Gasteiger partial charge in [-0.1, -0.05) is 12.5 Å². The normalized spacial score (nSPS) is 12.7. The van der Waals surface area contributed by atoms with Gasteiger partial charge < -0.3 is 5.32 Å². The Morgan fingerprint density at radius 2 is 2.08 bits per heavy atom. The van der Waals surface area contributed by atoms with Crippen LogP contribution in [-0.4, -0.2) is 29.3 Å². The summed E-state index contributed by atoms with van der Waals surface area (Å²) in [4.78, 5) is 0. The molecular weight excluding hydrogens is 182 g/mol. The first-order valence-electron chi connectivity index (χ1n) is 4.89. The fourth-order valence-corrected chi connectivity index (χ4v) is 1.49. The first kappa shape index (κ1) is 12.8. The van der Waals surface area contributed by atoms with E-state index in [4.69, 9.17) is 0 Å². The molecule has 0 saturated carbocycles. The minimum absolute atomic E-state index is 0.652. The molecule has 78 valence electrons. The topological polar surface area (TPSA) is 29.1 Å². The number of allylic oxidation sites excluding steroid dienone is 1. The van der Waals surface area contributed by atoms with Crippen LogP contribution < -0.4 is 5.32 Å². The van der Waals surface area contributed by atoms with Crippen molar-refractivity contribution in [3.05, 3.63) is 12.7 Å². The van der Waals surface area contributed by atoms with Gasteiger partial charge in [0.2, 0.25) is 0 Å². The molecule has 0 aromatic carbocycles. The van der Waals surface area contributed by atoms with Crippen molar-refractivity contribution < 1.29 is 4.21 Å². The fourth-order valence-electron chi connectivity index (χ4n) is 1.06. The highest BCUT2D eigenvalue weighted by Gasteiger charge is 1.91. The molecule has 0 heterocycles. The van der Waals surface area contributed by atoms with E-state index in [1.807, 2.05) is 6.08 Å². The smallest absolute Gasteiger partial charge is 0.0357 e. The highest BCUT2D eigenvalue weighted by atomic mass is 32.2. The molecular formula is C10H21NOS. The number of nitrogens with one attached hydrogen (secondary N) is 1. The summed E-state index contributed by atoms with van der Waals surface area (Å²) < 4.78 is 10.7. The van der Waals surface area contributed by atoms with Gasteiger partial charge in [0.05, 0.1) is 0 Å². The third kappa shape index (κ3) is 11.9. The van der Waals surface area contributed by atoms with Crippen molar-refractivity contribution in [1.82, 2.24) is 5.32 Å². The van der Waals surface area contributed by atoms with Gasteiger partial charge in [-0.15, -0.1) is 6.58 Å². The summed E-state index contributed by atoms with van der Waals surface area (Å²) in [7, 11) is -0.652. The average Bonchev–Trinajstić information content (AvgIpc) is 2.09. The van der Waals surface area contributed by atoms with Gasteiger partial charge in [0.15, 0.2) is 0 Å². The maximum absolute atomic E-state index is 10.7. The van der Waals surface area contributed by atoms with Crippen LogP contribution in [0.3, 0.4) is 0 Å². The predicted molar refractivity (Wildman–Crippen MR) is 60.5 cm³/mol. The Morgan fingerprint density at radius 1 is 1.31 bits per heavy atom. The molecule has 1 N–H and O–H groups in total. The van der Waals surface area contributed by atoms with Crippen molar-refractivity contribution in [1.29, 1.82) is 0 Å². The maximum Gasteiger partial charge on any atom is 0.0357 e. The molecule has 0 fully saturated rings. The summed E-state index contributed by atoms with van der Waals surface area (Å²) in [5.74, 6) is 0.770. The molecule has 0 aromatic heterocycles. The molecule has 1 unspecified atom stereocenters. The van der Waals surface area contributed by atoms with Crippen LogP contribution in [0.25, 0.3) is 0 Å². The van der Waals surface area contributed by atoms with E-state index >= 15 is 0 Å². The molecule has 0 spiro atoms. The van der Waals surface area contributed by atoms with Crippen LogP contribution in [0.2, 0.25) is 0 Å². The lowest BCUT2D eigenvalue weighted by Crippen LogP contribution is -2.21. The minimum Gasteiger partial charge on any atom is -0.316 e.